The van der Waals surface area contributed by atoms with Crippen molar-refractivity contribution in [2.45, 2.75) is 24.9 Å². The predicted molar refractivity (Wildman–Crippen MR) is 80.0 cm³/mol. The van der Waals surface area contributed by atoms with Crippen LogP contribution in [0, 0.1) is 0 Å². The van der Waals surface area contributed by atoms with Gasteiger partial charge in [0.2, 0.25) is 0 Å². The third-order valence-electron chi connectivity index (χ3n) is 3.38. The number of aromatic nitrogens is 1. The van der Waals surface area contributed by atoms with E-state index in [4.69, 9.17) is 0 Å². The third kappa shape index (κ3) is 2.18. The van der Waals surface area contributed by atoms with E-state index in [1.165, 1.54) is 5.56 Å². The van der Waals surface area contributed by atoms with Gasteiger partial charge in [0, 0.05) is 23.4 Å². The molecule has 3 rings (SSSR count). The molecule has 0 saturated heterocycles. The van der Waals surface area contributed by atoms with Gasteiger partial charge in [0.25, 0.3) is 0 Å². The molecule has 0 spiro atoms. The molecule has 2 aromatic rings. The molecule has 1 aliphatic carbocycles. The van der Waals surface area contributed by atoms with Gasteiger partial charge in [-0.2, -0.15) is 0 Å². The smallest absolute Gasteiger partial charge is 0.0893 e. The lowest BCUT2D eigenvalue weighted by Crippen LogP contribution is -2.09. The van der Waals surface area contributed by atoms with Crippen LogP contribution >= 0.6 is 43.2 Å². The third-order valence-corrected chi connectivity index (χ3v) is 5.77. The van der Waals surface area contributed by atoms with Crippen molar-refractivity contribution in [2.75, 3.05) is 0 Å². The van der Waals surface area contributed by atoms with Crippen molar-refractivity contribution in [1.29, 1.82) is 0 Å². The van der Waals surface area contributed by atoms with Gasteiger partial charge in [0.15, 0.2) is 0 Å². The number of hydrogen-bond acceptors (Lipinski definition) is 3. The van der Waals surface area contributed by atoms with Crippen LogP contribution in [-0.2, 0) is 6.42 Å². The molecular weight excluding hydrogens is 378 g/mol. The molecule has 1 N–H and O–H groups in total. The molecule has 1 aliphatic rings. The van der Waals surface area contributed by atoms with Gasteiger partial charge in [0.1, 0.15) is 0 Å². The number of halogens is 2. The molecule has 2 atom stereocenters. The summed E-state index contributed by atoms with van der Waals surface area (Å²) in [5.74, 6) is 0.110. The summed E-state index contributed by atoms with van der Waals surface area (Å²) in [5, 5.41) is 10.6. The molecular formula is C13H11Br2NOS. The number of fused-ring (bicyclic) bond motifs is 1. The average molecular weight is 389 g/mol. The van der Waals surface area contributed by atoms with Crippen LogP contribution in [0.4, 0.5) is 0 Å². The summed E-state index contributed by atoms with van der Waals surface area (Å²) < 4.78 is 2.02. The van der Waals surface area contributed by atoms with Gasteiger partial charge in [0.05, 0.1) is 13.7 Å². The fourth-order valence-corrected chi connectivity index (χ4v) is 5.43. The van der Waals surface area contributed by atoms with Gasteiger partial charge in [-0.05, 0) is 62.4 Å². The van der Waals surface area contributed by atoms with Gasteiger partial charge in [-0.1, -0.05) is 6.07 Å². The maximum atomic E-state index is 10.6. The SMILES string of the molecule is OC(c1cc(Br)sc1Br)C1CCc2cccnc21. The summed E-state index contributed by atoms with van der Waals surface area (Å²) in [4.78, 5) is 4.44. The van der Waals surface area contributed by atoms with E-state index in [9.17, 15) is 5.11 Å². The number of hydrogen-bond donors (Lipinski definition) is 1. The minimum Gasteiger partial charge on any atom is -0.388 e. The van der Waals surface area contributed by atoms with E-state index < -0.39 is 6.10 Å². The Bertz CT molecular complexity index is 584. The van der Waals surface area contributed by atoms with Crippen LogP contribution in [0.25, 0.3) is 0 Å². The van der Waals surface area contributed by atoms with Crippen molar-refractivity contribution in [1.82, 2.24) is 4.98 Å². The minimum atomic E-state index is -0.488. The van der Waals surface area contributed by atoms with E-state index in [0.717, 1.165) is 31.7 Å². The summed E-state index contributed by atoms with van der Waals surface area (Å²) in [5.41, 5.74) is 3.28. The highest BCUT2D eigenvalue weighted by Crippen LogP contribution is 2.45. The van der Waals surface area contributed by atoms with Crippen molar-refractivity contribution in [2.24, 2.45) is 0 Å². The largest absolute Gasteiger partial charge is 0.388 e. The first-order valence-electron chi connectivity index (χ1n) is 5.73. The Balaban J connectivity index is 1.95. The topological polar surface area (TPSA) is 33.1 Å². The normalized spacial score (nSPS) is 19.8. The molecule has 2 aromatic heterocycles. The van der Waals surface area contributed by atoms with Gasteiger partial charge in [-0.3, -0.25) is 4.98 Å². The quantitative estimate of drug-likeness (QED) is 0.825. The van der Waals surface area contributed by atoms with Crippen LogP contribution in [0.1, 0.15) is 35.3 Å². The first-order chi connectivity index (χ1) is 8.66. The van der Waals surface area contributed by atoms with Crippen LogP contribution in [0.2, 0.25) is 0 Å². The Kier molecular flexibility index (Phi) is 3.58. The predicted octanol–water partition coefficient (Wildman–Crippen LogP) is 4.43. The standard InChI is InChI=1S/C13H11Br2NOS/c14-10-6-9(13(15)18-10)12(17)8-4-3-7-2-1-5-16-11(7)8/h1-2,5-6,8,12,17H,3-4H2. The highest BCUT2D eigenvalue weighted by atomic mass is 79.9. The van der Waals surface area contributed by atoms with Gasteiger partial charge in [-0.25, -0.2) is 0 Å². The second-order valence-electron chi connectivity index (χ2n) is 4.42. The fourth-order valence-electron chi connectivity index (χ4n) is 2.52. The highest BCUT2D eigenvalue weighted by Gasteiger charge is 2.32. The monoisotopic (exact) mass is 387 g/mol. The van der Waals surface area contributed by atoms with Gasteiger partial charge >= 0.3 is 0 Å². The first-order valence-corrected chi connectivity index (χ1v) is 8.13. The Labute approximate surface area is 126 Å². The maximum Gasteiger partial charge on any atom is 0.0893 e. The van der Waals surface area contributed by atoms with E-state index in [2.05, 4.69) is 42.9 Å². The van der Waals surface area contributed by atoms with E-state index in [0.29, 0.717) is 0 Å². The van der Waals surface area contributed by atoms with E-state index in [-0.39, 0.29) is 5.92 Å². The Morgan fingerprint density at radius 2 is 2.28 bits per heavy atom. The lowest BCUT2D eigenvalue weighted by atomic mass is 9.95. The van der Waals surface area contributed by atoms with Crippen LogP contribution < -0.4 is 0 Å². The Morgan fingerprint density at radius 1 is 1.44 bits per heavy atom. The number of thiophene rings is 1. The van der Waals surface area contributed by atoms with Crippen LogP contribution in [0.15, 0.2) is 32.0 Å². The minimum absolute atomic E-state index is 0.110. The molecule has 0 bridgehead atoms. The molecule has 0 saturated carbocycles. The van der Waals surface area contributed by atoms with Crippen LogP contribution in [0.3, 0.4) is 0 Å². The zero-order chi connectivity index (χ0) is 12.7. The lowest BCUT2D eigenvalue weighted by Gasteiger charge is -2.18. The molecule has 0 amide bonds. The van der Waals surface area contributed by atoms with E-state index in [1.54, 1.807) is 11.3 Å². The zero-order valence-corrected chi connectivity index (χ0v) is 13.4. The molecule has 0 aliphatic heterocycles. The summed E-state index contributed by atoms with van der Waals surface area (Å²) in [6.45, 7) is 0. The summed E-state index contributed by atoms with van der Waals surface area (Å²) >= 11 is 8.56. The summed E-state index contributed by atoms with van der Waals surface area (Å²) in [6, 6.07) is 6.05. The Morgan fingerprint density at radius 3 is 3.00 bits per heavy atom. The zero-order valence-electron chi connectivity index (χ0n) is 9.44. The number of rotatable bonds is 2. The highest BCUT2D eigenvalue weighted by molar-refractivity contribution is 9.12. The fraction of sp³-hybridized carbons (Fsp3) is 0.308. The molecule has 0 aromatic carbocycles. The Hall–Kier alpha value is -0.230. The van der Waals surface area contributed by atoms with E-state index >= 15 is 0 Å². The number of aryl methyl sites for hydroxylation is 1. The molecule has 2 heterocycles. The van der Waals surface area contributed by atoms with Crippen LogP contribution in [0.5, 0.6) is 0 Å². The second-order valence-corrected chi connectivity index (χ2v) is 8.17. The van der Waals surface area contributed by atoms with Gasteiger partial charge < -0.3 is 5.11 Å². The van der Waals surface area contributed by atoms with Gasteiger partial charge in [-0.15, -0.1) is 11.3 Å². The molecule has 94 valence electrons. The summed E-state index contributed by atoms with van der Waals surface area (Å²) in [6.07, 6.45) is 3.29. The first kappa shape index (κ1) is 12.8. The van der Waals surface area contributed by atoms with Crippen molar-refractivity contribution in [3.8, 4) is 0 Å². The maximum absolute atomic E-state index is 10.6. The number of pyridine rings is 1. The molecule has 5 heteroatoms. The van der Waals surface area contributed by atoms with E-state index in [1.807, 2.05) is 18.3 Å². The number of nitrogens with zero attached hydrogens (tertiary/aromatic N) is 1. The van der Waals surface area contributed by atoms with Crippen molar-refractivity contribution < 1.29 is 5.11 Å². The van der Waals surface area contributed by atoms with Crippen molar-refractivity contribution in [3.05, 3.63) is 48.8 Å². The second kappa shape index (κ2) is 5.04. The van der Waals surface area contributed by atoms with Crippen molar-refractivity contribution >= 4 is 43.2 Å². The summed E-state index contributed by atoms with van der Waals surface area (Å²) in [7, 11) is 0. The molecule has 0 radical (unpaired) electrons. The molecule has 2 nitrogen and oxygen atoms in total. The molecule has 0 fully saturated rings. The van der Waals surface area contributed by atoms with Crippen molar-refractivity contribution in [3.63, 3.8) is 0 Å². The lowest BCUT2D eigenvalue weighted by molar-refractivity contribution is 0.143. The average Bonchev–Trinajstić information content (AvgIpc) is 2.92. The number of aliphatic hydroxyl groups is 1. The molecule has 18 heavy (non-hydrogen) atoms. The molecule has 2 unspecified atom stereocenters. The number of aliphatic hydroxyl groups excluding tert-OH is 1. The van der Waals surface area contributed by atoms with Crippen LogP contribution in [-0.4, -0.2) is 10.1 Å².